The smallest absolute Gasteiger partial charge is 0.292 e. The number of anilines is 1. The Hall–Kier alpha value is -1.88. The molecule has 0 atom stereocenters. The Morgan fingerprint density at radius 3 is 2.83 bits per heavy atom. The molecule has 18 heavy (non-hydrogen) atoms. The van der Waals surface area contributed by atoms with E-state index in [1.165, 1.54) is 11.6 Å². The minimum absolute atomic E-state index is 0.0644. The van der Waals surface area contributed by atoms with E-state index < -0.39 is 0 Å². The van der Waals surface area contributed by atoms with Gasteiger partial charge < -0.3 is 10.0 Å². The minimum Gasteiger partial charge on any atom is -0.392 e. The quantitative estimate of drug-likeness (QED) is 0.506. The zero-order valence-corrected chi connectivity index (χ0v) is 10.3. The topological polar surface area (TPSA) is 66.6 Å². The van der Waals surface area contributed by atoms with Crippen LogP contribution in [0.1, 0.15) is 18.9 Å². The van der Waals surface area contributed by atoms with E-state index in [2.05, 4.69) is 13.0 Å². The average Bonchev–Trinajstić information content (AvgIpc) is 2.39. The van der Waals surface area contributed by atoms with Crippen LogP contribution in [0.2, 0.25) is 0 Å². The van der Waals surface area contributed by atoms with E-state index in [9.17, 15) is 10.1 Å². The molecule has 0 saturated heterocycles. The van der Waals surface area contributed by atoms with E-state index in [0.29, 0.717) is 17.8 Å². The Labute approximate surface area is 105 Å². The second kappa shape index (κ2) is 5.18. The Morgan fingerprint density at radius 2 is 2.28 bits per heavy atom. The highest BCUT2D eigenvalue weighted by molar-refractivity contribution is 5.65. The maximum Gasteiger partial charge on any atom is 0.292 e. The Morgan fingerprint density at radius 1 is 1.50 bits per heavy atom. The third-order valence-corrected chi connectivity index (χ3v) is 3.20. The molecule has 0 spiro atoms. The molecule has 0 aromatic heterocycles. The molecule has 0 aliphatic carbocycles. The summed E-state index contributed by atoms with van der Waals surface area (Å²) in [4.78, 5) is 12.7. The summed E-state index contributed by atoms with van der Waals surface area (Å²) in [6, 6.07) is 4.90. The van der Waals surface area contributed by atoms with Crippen molar-refractivity contribution in [1.82, 2.24) is 0 Å². The number of benzene rings is 1. The molecular weight excluding hydrogens is 232 g/mol. The lowest BCUT2D eigenvalue weighted by atomic mass is 10.1. The molecule has 1 heterocycles. The molecule has 0 unspecified atom stereocenters. The van der Waals surface area contributed by atoms with Crippen molar-refractivity contribution in [2.75, 3.05) is 18.0 Å². The summed E-state index contributed by atoms with van der Waals surface area (Å²) >= 11 is 0. The highest BCUT2D eigenvalue weighted by Gasteiger charge is 2.20. The molecule has 0 fully saturated rings. The molecule has 0 radical (unpaired) electrons. The minimum atomic E-state index is -0.389. The molecule has 1 N–H and O–H groups in total. The first-order valence-corrected chi connectivity index (χ1v) is 5.90. The maximum atomic E-state index is 11.1. The van der Waals surface area contributed by atoms with Gasteiger partial charge in [0.15, 0.2) is 0 Å². The lowest BCUT2D eigenvalue weighted by Gasteiger charge is -2.27. The fourth-order valence-electron chi connectivity index (χ4n) is 2.07. The molecule has 0 amide bonds. The van der Waals surface area contributed by atoms with Crippen LogP contribution in [-0.2, 0) is 6.61 Å². The highest BCUT2D eigenvalue weighted by Crippen LogP contribution is 2.31. The van der Waals surface area contributed by atoms with Crippen molar-refractivity contribution in [3.05, 3.63) is 45.5 Å². The van der Waals surface area contributed by atoms with Gasteiger partial charge in [-0.25, -0.2) is 0 Å². The standard InChI is InChI=1S/C13H16N2O3/c1-10-4-6-14(7-5-10)12-3-2-11(9-16)8-13(12)15(17)18/h2-4,8,16H,5-7,9H2,1H3. The summed E-state index contributed by atoms with van der Waals surface area (Å²) in [6.45, 7) is 3.38. The van der Waals surface area contributed by atoms with Crippen molar-refractivity contribution in [1.29, 1.82) is 0 Å². The van der Waals surface area contributed by atoms with Crippen molar-refractivity contribution in [3.63, 3.8) is 0 Å². The second-order valence-electron chi connectivity index (χ2n) is 4.48. The number of rotatable bonds is 3. The molecule has 96 valence electrons. The Kier molecular flexibility index (Phi) is 3.62. The van der Waals surface area contributed by atoms with Gasteiger partial charge in [-0.05, 0) is 25.0 Å². The number of aliphatic hydroxyl groups is 1. The number of nitro benzene ring substituents is 1. The number of nitro groups is 1. The van der Waals surface area contributed by atoms with Gasteiger partial charge in [-0.2, -0.15) is 0 Å². The molecule has 1 aliphatic heterocycles. The van der Waals surface area contributed by atoms with Crippen LogP contribution in [-0.4, -0.2) is 23.1 Å². The summed E-state index contributed by atoms with van der Waals surface area (Å²) < 4.78 is 0. The zero-order chi connectivity index (χ0) is 13.1. The number of hydrogen-bond donors (Lipinski definition) is 1. The van der Waals surface area contributed by atoms with Crippen LogP contribution in [0.5, 0.6) is 0 Å². The fourth-order valence-corrected chi connectivity index (χ4v) is 2.07. The first kappa shape index (κ1) is 12.6. The zero-order valence-electron chi connectivity index (χ0n) is 10.3. The summed E-state index contributed by atoms with van der Waals surface area (Å²) in [5.74, 6) is 0. The summed E-state index contributed by atoms with van der Waals surface area (Å²) in [7, 11) is 0. The predicted molar refractivity (Wildman–Crippen MR) is 69.6 cm³/mol. The molecule has 5 heteroatoms. The third-order valence-electron chi connectivity index (χ3n) is 3.20. The van der Waals surface area contributed by atoms with Crippen molar-refractivity contribution in [3.8, 4) is 0 Å². The number of nitrogens with zero attached hydrogens (tertiary/aromatic N) is 2. The van der Waals surface area contributed by atoms with Crippen molar-refractivity contribution >= 4 is 11.4 Å². The predicted octanol–water partition coefficient (Wildman–Crippen LogP) is 2.24. The molecule has 1 aromatic carbocycles. The van der Waals surface area contributed by atoms with Gasteiger partial charge in [0.25, 0.3) is 5.69 Å². The summed E-state index contributed by atoms with van der Waals surface area (Å²) in [6.07, 6.45) is 3.02. The van der Waals surface area contributed by atoms with Gasteiger partial charge in [0.1, 0.15) is 5.69 Å². The summed E-state index contributed by atoms with van der Waals surface area (Å²) in [5, 5.41) is 20.1. The largest absolute Gasteiger partial charge is 0.392 e. The van der Waals surface area contributed by atoms with Gasteiger partial charge in [-0.1, -0.05) is 17.7 Å². The van der Waals surface area contributed by atoms with E-state index in [4.69, 9.17) is 5.11 Å². The monoisotopic (exact) mass is 248 g/mol. The Bertz CT molecular complexity index is 497. The molecule has 0 bridgehead atoms. The van der Waals surface area contributed by atoms with E-state index in [1.54, 1.807) is 12.1 Å². The van der Waals surface area contributed by atoms with E-state index in [1.807, 2.05) is 4.90 Å². The number of aliphatic hydroxyl groups excluding tert-OH is 1. The molecule has 1 aromatic rings. The number of hydrogen-bond acceptors (Lipinski definition) is 4. The first-order valence-electron chi connectivity index (χ1n) is 5.90. The third kappa shape index (κ3) is 2.51. The van der Waals surface area contributed by atoms with E-state index in [-0.39, 0.29) is 17.2 Å². The maximum absolute atomic E-state index is 11.1. The normalized spacial score (nSPS) is 15.4. The van der Waals surface area contributed by atoms with Gasteiger partial charge in [0.05, 0.1) is 11.5 Å². The van der Waals surface area contributed by atoms with Crippen LogP contribution in [0.15, 0.2) is 29.8 Å². The van der Waals surface area contributed by atoms with Gasteiger partial charge >= 0.3 is 0 Å². The lowest BCUT2D eigenvalue weighted by Crippen LogP contribution is -2.28. The van der Waals surface area contributed by atoms with E-state index >= 15 is 0 Å². The van der Waals surface area contributed by atoms with Crippen LogP contribution in [0.3, 0.4) is 0 Å². The fraction of sp³-hybridized carbons (Fsp3) is 0.385. The van der Waals surface area contributed by atoms with Crippen LogP contribution in [0.4, 0.5) is 11.4 Å². The Balaban J connectivity index is 2.35. The van der Waals surface area contributed by atoms with Crippen molar-refractivity contribution in [2.24, 2.45) is 0 Å². The van der Waals surface area contributed by atoms with Crippen LogP contribution < -0.4 is 4.90 Å². The SMILES string of the molecule is CC1=CCN(c2ccc(CO)cc2[N+](=O)[O-])CC1. The van der Waals surface area contributed by atoms with Crippen LogP contribution in [0.25, 0.3) is 0 Å². The molecule has 2 rings (SSSR count). The van der Waals surface area contributed by atoms with E-state index in [0.717, 1.165) is 13.0 Å². The van der Waals surface area contributed by atoms with Gasteiger partial charge in [-0.3, -0.25) is 10.1 Å². The first-order chi connectivity index (χ1) is 8.61. The highest BCUT2D eigenvalue weighted by atomic mass is 16.6. The average molecular weight is 248 g/mol. The summed E-state index contributed by atoms with van der Waals surface area (Å²) in [5.41, 5.74) is 2.57. The van der Waals surface area contributed by atoms with Gasteiger partial charge in [0.2, 0.25) is 0 Å². The van der Waals surface area contributed by atoms with Crippen LogP contribution in [0, 0.1) is 10.1 Å². The molecule has 1 aliphatic rings. The van der Waals surface area contributed by atoms with Gasteiger partial charge in [0, 0.05) is 19.2 Å². The van der Waals surface area contributed by atoms with Gasteiger partial charge in [-0.15, -0.1) is 0 Å². The lowest BCUT2D eigenvalue weighted by molar-refractivity contribution is -0.384. The van der Waals surface area contributed by atoms with Crippen molar-refractivity contribution < 1.29 is 10.0 Å². The van der Waals surface area contributed by atoms with Crippen molar-refractivity contribution in [2.45, 2.75) is 20.0 Å². The molecular formula is C13H16N2O3. The second-order valence-corrected chi connectivity index (χ2v) is 4.48. The van der Waals surface area contributed by atoms with Crippen LogP contribution >= 0.6 is 0 Å². The molecule has 0 saturated carbocycles. The molecule has 5 nitrogen and oxygen atoms in total.